The highest BCUT2D eigenvalue weighted by Crippen LogP contribution is 2.32. The zero-order valence-electron chi connectivity index (χ0n) is 14.1. The van der Waals surface area contributed by atoms with Crippen LogP contribution in [-0.2, 0) is 12.6 Å². The predicted molar refractivity (Wildman–Crippen MR) is 99.7 cm³/mol. The van der Waals surface area contributed by atoms with Crippen molar-refractivity contribution in [2.24, 2.45) is 0 Å². The minimum absolute atomic E-state index is 0.0484. The average molecular weight is 423 g/mol. The molecule has 0 radical (unpaired) electrons. The van der Waals surface area contributed by atoms with E-state index in [4.69, 9.17) is 27.9 Å². The molecule has 3 nitrogen and oxygen atoms in total. The Morgan fingerprint density at radius 2 is 1.75 bits per heavy atom. The van der Waals surface area contributed by atoms with Crippen LogP contribution in [0.3, 0.4) is 0 Å². The molecule has 0 amide bonds. The lowest BCUT2D eigenvalue weighted by molar-refractivity contribution is -0.137. The number of rotatable bonds is 4. The van der Waals surface area contributed by atoms with E-state index >= 15 is 0 Å². The zero-order valence-corrected chi connectivity index (χ0v) is 15.6. The van der Waals surface area contributed by atoms with Crippen LogP contribution in [0.1, 0.15) is 22.4 Å². The van der Waals surface area contributed by atoms with Crippen molar-refractivity contribution in [2.45, 2.75) is 12.6 Å². The van der Waals surface area contributed by atoms with Crippen LogP contribution in [0, 0.1) is 11.3 Å². The number of ether oxygens (including phenoxy) is 1. The van der Waals surface area contributed by atoms with Crippen LogP contribution in [0.25, 0.3) is 0 Å². The SMILES string of the molecule is N#Cc1c(Cl)cccc1Oc1ccc(Cc2ncc(C(F)(F)F)cc2Cl)cc1. The second kappa shape index (κ2) is 8.09. The molecule has 142 valence electrons. The second-order valence-electron chi connectivity index (χ2n) is 5.80. The summed E-state index contributed by atoms with van der Waals surface area (Å²) in [6.45, 7) is 0. The molecular weight excluding hydrogens is 412 g/mol. The maximum atomic E-state index is 12.7. The first kappa shape index (κ1) is 20.0. The minimum Gasteiger partial charge on any atom is -0.456 e. The molecule has 0 aliphatic rings. The van der Waals surface area contributed by atoms with E-state index in [0.29, 0.717) is 22.2 Å². The van der Waals surface area contributed by atoms with Gasteiger partial charge in [-0.15, -0.1) is 0 Å². The Hall–Kier alpha value is -2.75. The number of alkyl halides is 3. The topological polar surface area (TPSA) is 45.9 Å². The highest BCUT2D eigenvalue weighted by atomic mass is 35.5. The number of nitrogens with zero attached hydrogens (tertiary/aromatic N) is 2. The summed E-state index contributed by atoms with van der Waals surface area (Å²) in [5, 5.41) is 9.42. The number of hydrogen-bond acceptors (Lipinski definition) is 3. The second-order valence-corrected chi connectivity index (χ2v) is 6.61. The van der Waals surface area contributed by atoms with Gasteiger partial charge >= 0.3 is 6.18 Å². The van der Waals surface area contributed by atoms with Gasteiger partial charge in [0.05, 0.1) is 21.3 Å². The summed E-state index contributed by atoms with van der Waals surface area (Å²) >= 11 is 11.9. The minimum atomic E-state index is -4.49. The van der Waals surface area contributed by atoms with Crippen molar-refractivity contribution in [1.82, 2.24) is 4.98 Å². The van der Waals surface area contributed by atoms with Crippen LogP contribution in [0.15, 0.2) is 54.7 Å². The fraction of sp³-hybridized carbons (Fsp3) is 0.100. The molecule has 1 aromatic heterocycles. The molecule has 0 spiro atoms. The molecule has 0 aliphatic heterocycles. The summed E-state index contributed by atoms with van der Waals surface area (Å²) in [7, 11) is 0. The molecule has 0 saturated carbocycles. The molecule has 0 fully saturated rings. The van der Waals surface area contributed by atoms with Gasteiger partial charge in [0.1, 0.15) is 23.1 Å². The van der Waals surface area contributed by atoms with Gasteiger partial charge in [-0.05, 0) is 35.9 Å². The zero-order chi connectivity index (χ0) is 20.3. The van der Waals surface area contributed by atoms with E-state index in [-0.39, 0.29) is 17.0 Å². The van der Waals surface area contributed by atoms with E-state index in [1.165, 1.54) is 0 Å². The van der Waals surface area contributed by atoms with Crippen LogP contribution in [0.4, 0.5) is 13.2 Å². The van der Waals surface area contributed by atoms with Crippen LogP contribution in [-0.4, -0.2) is 4.98 Å². The standard InChI is InChI=1S/C20H11Cl2F3N2O/c21-16-2-1-3-19(15(16)10-26)28-14-6-4-12(5-7-14)8-18-17(22)9-13(11-27-18)20(23,24)25/h1-7,9,11H,8H2. The number of halogens is 5. The molecule has 2 aromatic carbocycles. The molecule has 0 N–H and O–H groups in total. The third-order valence-corrected chi connectivity index (χ3v) is 4.50. The summed E-state index contributed by atoms with van der Waals surface area (Å²) in [4.78, 5) is 3.83. The molecule has 28 heavy (non-hydrogen) atoms. The summed E-state index contributed by atoms with van der Waals surface area (Å²) in [6.07, 6.45) is -3.46. The number of nitriles is 1. The normalized spacial score (nSPS) is 11.1. The monoisotopic (exact) mass is 422 g/mol. The Morgan fingerprint density at radius 1 is 1.04 bits per heavy atom. The molecule has 1 heterocycles. The molecule has 3 rings (SSSR count). The van der Waals surface area contributed by atoms with Crippen LogP contribution in [0.2, 0.25) is 10.0 Å². The van der Waals surface area contributed by atoms with Crippen molar-refractivity contribution in [1.29, 1.82) is 5.26 Å². The van der Waals surface area contributed by atoms with Crippen molar-refractivity contribution in [3.63, 3.8) is 0 Å². The van der Waals surface area contributed by atoms with Crippen LogP contribution in [0.5, 0.6) is 11.5 Å². The lowest BCUT2D eigenvalue weighted by Crippen LogP contribution is -2.06. The Kier molecular flexibility index (Phi) is 5.78. The average Bonchev–Trinajstić information content (AvgIpc) is 2.64. The maximum Gasteiger partial charge on any atom is 0.417 e. The van der Waals surface area contributed by atoms with E-state index in [9.17, 15) is 18.4 Å². The lowest BCUT2D eigenvalue weighted by atomic mass is 10.1. The fourth-order valence-corrected chi connectivity index (χ4v) is 2.89. The van der Waals surface area contributed by atoms with Gasteiger partial charge in [0.15, 0.2) is 0 Å². The summed E-state index contributed by atoms with van der Waals surface area (Å²) in [5.41, 5.74) is 0.465. The molecule has 8 heteroatoms. The first-order chi connectivity index (χ1) is 13.3. The largest absolute Gasteiger partial charge is 0.456 e. The molecule has 0 saturated heterocycles. The predicted octanol–water partition coefficient (Wildman–Crippen LogP) is 6.66. The van der Waals surface area contributed by atoms with E-state index in [1.54, 1.807) is 42.5 Å². The van der Waals surface area contributed by atoms with E-state index in [0.717, 1.165) is 17.8 Å². The lowest BCUT2D eigenvalue weighted by Gasteiger charge is -2.10. The van der Waals surface area contributed by atoms with Crippen LogP contribution >= 0.6 is 23.2 Å². The number of aromatic nitrogens is 1. The number of hydrogen-bond donors (Lipinski definition) is 0. The fourth-order valence-electron chi connectivity index (χ4n) is 2.44. The molecule has 0 bridgehead atoms. The molecule has 3 aromatic rings. The maximum absolute atomic E-state index is 12.7. The van der Waals surface area contributed by atoms with Crippen molar-refractivity contribution in [3.05, 3.63) is 87.2 Å². The third-order valence-electron chi connectivity index (χ3n) is 3.85. The van der Waals surface area contributed by atoms with E-state index in [2.05, 4.69) is 4.98 Å². The van der Waals surface area contributed by atoms with E-state index < -0.39 is 11.7 Å². The molecule has 0 atom stereocenters. The Morgan fingerprint density at radius 3 is 2.36 bits per heavy atom. The van der Waals surface area contributed by atoms with Crippen molar-refractivity contribution in [3.8, 4) is 17.6 Å². The Labute approximate surface area is 168 Å². The van der Waals surface area contributed by atoms with Gasteiger partial charge in [0.2, 0.25) is 0 Å². The molecule has 0 unspecified atom stereocenters. The van der Waals surface area contributed by atoms with Crippen molar-refractivity contribution >= 4 is 23.2 Å². The van der Waals surface area contributed by atoms with Crippen molar-refractivity contribution < 1.29 is 17.9 Å². The Bertz CT molecular complexity index is 1040. The third kappa shape index (κ3) is 4.56. The van der Waals surface area contributed by atoms with E-state index in [1.807, 2.05) is 6.07 Å². The first-order valence-corrected chi connectivity index (χ1v) is 8.70. The van der Waals surface area contributed by atoms with Gasteiger partial charge < -0.3 is 4.74 Å². The first-order valence-electron chi connectivity index (χ1n) is 7.95. The van der Waals surface area contributed by atoms with Gasteiger partial charge in [0.25, 0.3) is 0 Å². The molecule has 0 aliphatic carbocycles. The van der Waals surface area contributed by atoms with Gasteiger partial charge in [-0.3, -0.25) is 4.98 Å². The van der Waals surface area contributed by atoms with Crippen LogP contribution < -0.4 is 4.74 Å². The highest BCUT2D eigenvalue weighted by Gasteiger charge is 2.31. The quantitative estimate of drug-likeness (QED) is 0.471. The number of benzene rings is 2. The Balaban J connectivity index is 1.75. The summed E-state index contributed by atoms with van der Waals surface area (Å²) in [6, 6.07) is 14.6. The molecular formula is C20H11Cl2F3N2O. The van der Waals surface area contributed by atoms with Crippen molar-refractivity contribution in [2.75, 3.05) is 0 Å². The summed E-state index contributed by atoms with van der Waals surface area (Å²) < 4.78 is 43.8. The van der Waals surface area contributed by atoms with Gasteiger partial charge in [-0.25, -0.2) is 0 Å². The smallest absolute Gasteiger partial charge is 0.417 e. The summed E-state index contributed by atoms with van der Waals surface area (Å²) in [5.74, 6) is 0.809. The van der Waals surface area contributed by atoms with Gasteiger partial charge in [-0.1, -0.05) is 41.4 Å². The van der Waals surface area contributed by atoms with Gasteiger partial charge in [-0.2, -0.15) is 18.4 Å². The van der Waals surface area contributed by atoms with Gasteiger partial charge in [0, 0.05) is 12.6 Å². The number of pyridine rings is 1. The highest BCUT2D eigenvalue weighted by molar-refractivity contribution is 6.32.